The maximum atomic E-state index is 12.3. The summed E-state index contributed by atoms with van der Waals surface area (Å²) >= 11 is 2.15. The van der Waals surface area contributed by atoms with Crippen LogP contribution in [0.15, 0.2) is 18.2 Å². The molecule has 4 heteroatoms. The summed E-state index contributed by atoms with van der Waals surface area (Å²) in [5, 5.41) is 12.9. The zero-order chi connectivity index (χ0) is 15.5. The van der Waals surface area contributed by atoms with Crippen molar-refractivity contribution in [3.63, 3.8) is 0 Å². The number of rotatable bonds is 5. The highest BCUT2D eigenvalue weighted by atomic mass is 127. The Morgan fingerprint density at radius 3 is 2.67 bits per heavy atom. The Morgan fingerprint density at radius 2 is 2.05 bits per heavy atom. The molecule has 2 N–H and O–H groups in total. The molecule has 0 atom stereocenters. The first kappa shape index (κ1) is 16.6. The number of hydrogen-bond acceptors (Lipinski definition) is 2. The molecule has 1 aromatic carbocycles. The average molecular weight is 401 g/mol. The number of amides is 1. The number of nitrogens with one attached hydrogen (secondary N) is 1. The van der Waals surface area contributed by atoms with Crippen LogP contribution in [0.25, 0.3) is 0 Å². The van der Waals surface area contributed by atoms with E-state index in [1.54, 1.807) is 18.2 Å². The van der Waals surface area contributed by atoms with Crippen molar-refractivity contribution in [2.45, 2.75) is 46.0 Å². The van der Waals surface area contributed by atoms with Crippen LogP contribution in [0.4, 0.5) is 0 Å². The number of benzene rings is 1. The molecule has 1 saturated carbocycles. The Kier molecular flexibility index (Phi) is 5.52. The Bertz CT molecular complexity index is 508. The molecule has 0 spiro atoms. The van der Waals surface area contributed by atoms with Crippen LogP contribution in [0.3, 0.4) is 0 Å². The summed E-state index contributed by atoms with van der Waals surface area (Å²) in [6, 6.07) is 5.11. The van der Waals surface area contributed by atoms with Crippen LogP contribution in [0.2, 0.25) is 0 Å². The van der Waals surface area contributed by atoms with Gasteiger partial charge >= 0.3 is 0 Å². The van der Waals surface area contributed by atoms with Crippen LogP contribution in [-0.4, -0.2) is 17.6 Å². The number of hydrogen-bond donors (Lipinski definition) is 2. The minimum atomic E-state index is -0.166. The lowest BCUT2D eigenvalue weighted by atomic mass is 9.78. The number of carbonyl (C=O) groups excluding carboxylic acids is 1. The van der Waals surface area contributed by atoms with Crippen molar-refractivity contribution in [3.8, 4) is 5.75 Å². The third kappa shape index (κ3) is 4.34. The van der Waals surface area contributed by atoms with E-state index in [-0.39, 0.29) is 17.1 Å². The molecular weight excluding hydrogens is 377 g/mol. The molecule has 0 aromatic heterocycles. The molecule has 1 aliphatic carbocycles. The SMILES string of the molecule is CC(C)CC1(CNC(=O)c2cc(I)ccc2O)CCCC1. The summed E-state index contributed by atoms with van der Waals surface area (Å²) in [6.45, 7) is 5.20. The highest BCUT2D eigenvalue weighted by Gasteiger charge is 2.34. The normalized spacial score (nSPS) is 17.1. The van der Waals surface area contributed by atoms with Gasteiger partial charge in [0.1, 0.15) is 5.75 Å². The van der Waals surface area contributed by atoms with Crippen molar-refractivity contribution in [3.05, 3.63) is 27.3 Å². The van der Waals surface area contributed by atoms with Gasteiger partial charge < -0.3 is 10.4 Å². The minimum Gasteiger partial charge on any atom is -0.507 e. The summed E-state index contributed by atoms with van der Waals surface area (Å²) < 4.78 is 0.952. The number of phenolic OH excluding ortho intramolecular Hbond substituents is 1. The molecule has 0 unspecified atom stereocenters. The number of carbonyl (C=O) groups is 1. The standard InChI is InChI=1S/C17H24INO2/c1-12(2)10-17(7-3-4-8-17)11-19-16(21)14-9-13(18)5-6-15(14)20/h5-6,9,12,20H,3-4,7-8,10-11H2,1-2H3,(H,19,21). The van der Waals surface area contributed by atoms with Crippen molar-refractivity contribution in [2.24, 2.45) is 11.3 Å². The van der Waals surface area contributed by atoms with Crippen LogP contribution < -0.4 is 5.32 Å². The van der Waals surface area contributed by atoms with Gasteiger partial charge in [-0.15, -0.1) is 0 Å². The predicted octanol–water partition coefficient (Wildman–Crippen LogP) is 4.33. The van der Waals surface area contributed by atoms with Crippen LogP contribution in [0, 0.1) is 14.9 Å². The summed E-state index contributed by atoms with van der Waals surface area (Å²) in [4.78, 5) is 12.3. The highest BCUT2D eigenvalue weighted by molar-refractivity contribution is 14.1. The van der Waals surface area contributed by atoms with Crippen molar-refractivity contribution in [2.75, 3.05) is 6.54 Å². The van der Waals surface area contributed by atoms with E-state index in [0.29, 0.717) is 11.5 Å². The van der Waals surface area contributed by atoms with Gasteiger partial charge in [-0.3, -0.25) is 4.79 Å². The zero-order valence-electron chi connectivity index (χ0n) is 12.8. The monoisotopic (exact) mass is 401 g/mol. The molecule has 0 aliphatic heterocycles. The molecule has 21 heavy (non-hydrogen) atoms. The Hall–Kier alpha value is -0.780. The smallest absolute Gasteiger partial charge is 0.255 e. The van der Waals surface area contributed by atoms with E-state index in [2.05, 4.69) is 41.8 Å². The molecule has 2 rings (SSSR count). The molecule has 0 bridgehead atoms. The largest absolute Gasteiger partial charge is 0.507 e. The maximum absolute atomic E-state index is 12.3. The van der Waals surface area contributed by atoms with Crippen LogP contribution in [0.5, 0.6) is 5.75 Å². The van der Waals surface area contributed by atoms with Gasteiger partial charge in [-0.1, -0.05) is 26.7 Å². The third-order valence-corrected chi connectivity index (χ3v) is 5.00. The van der Waals surface area contributed by atoms with Gasteiger partial charge in [0.05, 0.1) is 5.56 Å². The molecule has 116 valence electrons. The molecule has 1 aliphatic rings. The van der Waals surface area contributed by atoms with Gasteiger partial charge in [-0.2, -0.15) is 0 Å². The van der Waals surface area contributed by atoms with Crippen molar-refractivity contribution in [1.82, 2.24) is 5.32 Å². The number of aromatic hydroxyl groups is 1. The average Bonchev–Trinajstić information content (AvgIpc) is 2.87. The molecule has 1 amide bonds. The van der Waals surface area contributed by atoms with Gasteiger partial charge in [0.25, 0.3) is 5.91 Å². The van der Waals surface area contributed by atoms with Gasteiger partial charge in [0.2, 0.25) is 0 Å². The van der Waals surface area contributed by atoms with E-state index in [4.69, 9.17) is 0 Å². The topological polar surface area (TPSA) is 49.3 Å². The van der Waals surface area contributed by atoms with Crippen LogP contribution in [0.1, 0.15) is 56.3 Å². The Balaban J connectivity index is 2.03. The van der Waals surface area contributed by atoms with Gasteiger partial charge in [0, 0.05) is 10.1 Å². The fourth-order valence-corrected chi connectivity index (χ4v) is 3.99. The quantitative estimate of drug-likeness (QED) is 0.722. The first-order valence-corrected chi connectivity index (χ1v) is 8.76. The number of phenols is 1. The van der Waals surface area contributed by atoms with E-state index >= 15 is 0 Å². The highest BCUT2D eigenvalue weighted by Crippen LogP contribution is 2.42. The zero-order valence-corrected chi connectivity index (χ0v) is 14.9. The molecule has 3 nitrogen and oxygen atoms in total. The fraction of sp³-hybridized carbons (Fsp3) is 0.588. The molecule has 0 saturated heterocycles. The first-order valence-electron chi connectivity index (χ1n) is 7.69. The maximum Gasteiger partial charge on any atom is 0.255 e. The van der Waals surface area contributed by atoms with Crippen molar-refractivity contribution >= 4 is 28.5 Å². The second-order valence-corrected chi connectivity index (χ2v) is 7.89. The summed E-state index contributed by atoms with van der Waals surface area (Å²) in [5.74, 6) is 0.532. The van der Waals surface area contributed by atoms with E-state index in [0.717, 1.165) is 16.5 Å². The van der Waals surface area contributed by atoms with Crippen LogP contribution in [-0.2, 0) is 0 Å². The second kappa shape index (κ2) is 6.99. The molecule has 0 radical (unpaired) electrons. The third-order valence-electron chi connectivity index (χ3n) is 4.33. The van der Waals surface area contributed by atoms with Crippen LogP contribution >= 0.6 is 22.6 Å². The minimum absolute atomic E-state index is 0.0530. The molecule has 1 aromatic rings. The van der Waals surface area contributed by atoms with Gasteiger partial charge in [0.15, 0.2) is 0 Å². The molecular formula is C17H24INO2. The van der Waals surface area contributed by atoms with E-state index in [1.807, 2.05) is 0 Å². The van der Waals surface area contributed by atoms with Gasteiger partial charge in [-0.25, -0.2) is 0 Å². The number of halogens is 1. The first-order chi connectivity index (χ1) is 9.92. The molecule has 0 heterocycles. The fourth-order valence-electron chi connectivity index (χ4n) is 3.50. The van der Waals surface area contributed by atoms with Gasteiger partial charge in [-0.05, 0) is 71.4 Å². The molecule has 1 fully saturated rings. The Morgan fingerprint density at radius 1 is 1.38 bits per heavy atom. The lowest BCUT2D eigenvalue weighted by Gasteiger charge is -2.31. The summed E-state index contributed by atoms with van der Waals surface area (Å²) in [7, 11) is 0. The lowest BCUT2D eigenvalue weighted by Crippen LogP contribution is -2.37. The van der Waals surface area contributed by atoms with E-state index < -0.39 is 0 Å². The van der Waals surface area contributed by atoms with Crippen molar-refractivity contribution < 1.29 is 9.90 Å². The summed E-state index contributed by atoms with van der Waals surface area (Å²) in [5.41, 5.74) is 0.626. The second-order valence-electron chi connectivity index (χ2n) is 6.65. The summed E-state index contributed by atoms with van der Waals surface area (Å²) in [6.07, 6.45) is 6.08. The lowest BCUT2D eigenvalue weighted by molar-refractivity contribution is 0.0919. The van der Waals surface area contributed by atoms with E-state index in [9.17, 15) is 9.90 Å². The Labute approximate surface area is 140 Å². The van der Waals surface area contributed by atoms with Crippen molar-refractivity contribution in [1.29, 1.82) is 0 Å². The van der Waals surface area contributed by atoms with E-state index in [1.165, 1.54) is 25.7 Å². The predicted molar refractivity (Wildman–Crippen MR) is 93.5 cm³/mol.